The van der Waals surface area contributed by atoms with Crippen molar-refractivity contribution in [3.05, 3.63) is 83.6 Å². The molecule has 9 heteroatoms. The number of fused-ring (bicyclic) bond motifs is 2. The summed E-state index contributed by atoms with van der Waals surface area (Å²) in [4.78, 5) is 32.3. The summed E-state index contributed by atoms with van der Waals surface area (Å²) in [5.41, 5.74) is 3.00. The molecule has 188 valence electrons. The molecule has 0 radical (unpaired) electrons. The first-order valence-electron chi connectivity index (χ1n) is 11.8. The largest absolute Gasteiger partial charge is 0.489 e. The SMILES string of the molecule is COCc1ccccc1CNC(=O)CN1CCOCCOc2ccccc2Nc2ncccc2C1=O. The number of hydrogen-bond donors (Lipinski definition) is 2. The van der Waals surface area contributed by atoms with Crippen molar-refractivity contribution < 1.29 is 23.8 Å². The van der Waals surface area contributed by atoms with Crippen molar-refractivity contribution in [3.63, 3.8) is 0 Å². The van der Waals surface area contributed by atoms with Gasteiger partial charge in [0.25, 0.3) is 5.91 Å². The van der Waals surface area contributed by atoms with E-state index in [1.807, 2.05) is 48.5 Å². The molecule has 3 aromatic rings. The summed E-state index contributed by atoms with van der Waals surface area (Å²) in [5, 5.41) is 6.13. The number of benzene rings is 2. The minimum Gasteiger partial charge on any atom is -0.489 e. The lowest BCUT2D eigenvalue weighted by atomic mass is 10.1. The molecular formula is C27H30N4O5. The van der Waals surface area contributed by atoms with Crippen LogP contribution in [0, 0.1) is 0 Å². The summed E-state index contributed by atoms with van der Waals surface area (Å²) in [5.74, 6) is 0.431. The fourth-order valence-corrected chi connectivity index (χ4v) is 3.86. The third-order valence-electron chi connectivity index (χ3n) is 5.68. The van der Waals surface area contributed by atoms with Gasteiger partial charge in [-0.25, -0.2) is 4.98 Å². The normalized spacial score (nSPS) is 14.1. The Kier molecular flexibility index (Phi) is 8.85. The maximum atomic E-state index is 13.6. The maximum absolute atomic E-state index is 13.6. The number of carbonyl (C=O) groups is 2. The Balaban J connectivity index is 1.51. The highest BCUT2D eigenvalue weighted by Crippen LogP contribution is 2.28. The van der Waals surface area contributed by atoms with Crippen molar-refractivity contribution in [1.82, 2.24) is 15.2 Å². The fraction of sp³-hybridized carbons (Fsp3) is 0.296. The standard InChI is InChI=1S/C27H30N4O5/c1-34-19-21-8-3-2-7-20(21)17-29-25(32)18-31-13-14-35-15-16-36-24-11-5-4-10-23(24)30-26-22(27(31)33)9-6-12-28-26/h2-12H,13-19H2,1H3,(H,28,30)(H,29,32). The van der Waals surface area contributed by atoms with Crippen molar-refractivity contribution in [1.29, 1.82) is 0 Å². The summed E-state index contributed by atoms with van der Waals surface area (Å²) in [6.07, 6.45) is 1.61. The molecule has 0 fully saturated rings. The number of methoxy groups -OCH3 is 1. The van der Waals surface area contributed by atoms with Gasteiger partial charge in [-0.2, -0.15) is 0 Å². The van der Waals surface area contributed by atoms with E-state index in [4.69, 9.17) is 14.2 Å². The summed E-state index contributed by atoms with van der Waals surface area (Å²) in [6.45, 7) is 1.89. The maximum Gasteiger partial charge on any atom is 0.258 e. The fourth-order valence-electron chi connectivity index (χ4n) is 3.86. The first-order chi connectivity index (χ1) is 17.7. The van der Waals surface area contributed by atoms with Crippen LogP contribution in [0.15, 0.2) is 66.9 Å². The van der Waals surface area contributed by atoms with Crippen LogP contribution in [-0.2, 0) is 27.4 Å². The van der Waals surface area contributed by atoms with E-state index >= 15 is 0 Å². The second-order valence-electron chi connectivity index (χ2n) is 8.19. The molecule has 2 aromatic carbocycles. The van der Waals surface area contributed by atoms with Crippen LogP contribution < -0.4 is 15.4 Å². The van der Waals surface area contributed by atoms with E-state index < -0.39 is 0 Å². The highest BCUT2D eigenvalue weighted by Gasteiger charge is 2.23. The zero-order chi connectivity index (χ0) is 25.2. The first-order valence-corrected chi connectivity index (χ1v) is 11.8. The van der Waals surface area contributed by atoms with Crippen molar-refractivity contribution in [2.24, 2.45) is 0 Å². The Morgan fingerprint density at radius 3 is 2.72 bits per heavy atom. The van der Waals surface area contributed by atoms with E-state index in [-0.39, 0.29) is 31.5 Å². The molecule has 0 bridgehead atoms. The van der Waals surface area contributed by atoms with Gasteiger partial charge < -0.3 is 29.7 Å². The number of ether oxygens (including phenoxy) is 3. The van der Waals surface area contributed by atoms with Crippen LogP contribution in [0.25, 0.3) is 0 Å². The Morgan fingerprint density at radius 2 is 1.86 bits per heavy atom. The minimum absolute atomic E-state index is 0.115. The van der Waals surface area contributed by atoms with Gasteiger partial charge >= 0.3 is 0 Å². The number of hydrogen-bond acceptors (Lipinski definition) is 7. The molecule has 0 saturated heterocycles. The average molecular weight is 491 g/mol. The van der Waals surface area contributed by atoms with E-state index in [2.05, 4.69) is 15.6 Å². The van der Waals surface area contributed by atoms with Crippen LogP contribution in [0.3, 0.4) is 0 Å². The highest BCUT2D eigenvalue weighted by atomic mass is 16.5. The van der Waals surface area contributed by atoms with Gasteiger partial charge in [0.15, 0.2) is 0 Å². The first kappa shape index (κ1) is 25.2. The third kappa shape index (κ3) is 6.59. The smallest absolute Gasteiger partial charge is 0.258 e. The van der Waals surface area contributed by atoms with Crippen molar-refractivity contribution in [2.45, 2.75) is 13.2 Å². The molecule has 2 heterocycles. The summed E-state index contributed by atoms with van der Waals surface area (Å²) in [7, 11) is 1.63. The monoisotopic (exact) mass is 490 g/mol. The van der Waals surface area contributed by atoms with Crippen LogP contribution >= 0.6 is 0 Å². The highest BCUT2D eigenvalue weighted by molar-refractivity contribution is 6.01. The molecule has 0 saturated carbocycles. The number of amides is 2. The topological polar surface area (TPSA) is 102 Å². The van der Waals surface area contributed by atoms with E-state index in [1.54, 1.807) is 25.4 Å². The number of carbonyl (C=O) groups excluding carboxylic acids is 2. The van der Waals surface area contributed by atoms with Crippen LogP contribution in [0.2, 0.25) is 0 Å². The molecule has 1 aliphatic rings. The second kappa shape index (κ2) is 12.7. The number of para-hydroxylation sites is 2. The van der Waals surface area contributed by atoms with Crippen molar-refractivity contribution in [2.75, 3.05) is 45.3 Å². The second-order valence-corrected chi connectivity index (χ2v) is 8.19. The Labute approximate surface area is 210 Å². The summed E-state index contributed by atoms with van der Waals surface area (Å²) < 4.78 is 16.8. The van der Waals surface area contributed by atoms with Crippen LogP contribution in [0.4, 0.5) is 11.5 Å². The van der Waals surface area contributed by atoms with Gasteiger partial charge in [0.05, 0.1) is 37.6 Å². The number of rotatable bonds is 6. The molecule has 0 unspecified atom stereocenters. The van der Waals surface area contributed by atoms with Gasteiger partial charge in [0.2, 0.25) is 5.91 Å². The van der Waals surface area contributed by atoms with Gasteiger partial charge in [-0.3, -0.25) is 9.59 Å². The zero-order valence-corrected chi connectivity index (χ0v) is 20.2. The molecule has 9 nitrogen and oxygen atoms in total. The van der Waals surface area contributed by atoms with E-state index in [1.165, 1.54) is 4.90 Å². The molecule has 1 aliphatic heterocycles. The van der Waals surface area contributed by atoms with Gasteiger partial charge in [-0.05, 0) is 35.4 Å². The number of aromatic nitrogens is 1. The Morgan fingerprint density at radius 1 is 1.06 bits per heavy atom. The lowest BCUT2D eigenvalue weighted by Crippen LogP contribution is -2.42. The Bertz CT molecular complexity index is 1190. The minimum atomic E-state index is -0.318. The van der Waals surface area contributed by atoms with Gasteiger partial charge in [-0.1, -0.05) is 36.4 Å². The van der Waals surface area contributed by atoms with Gasteiger partial charge in [0.1, 0.15) is 18.2 Å². The quantitative estimate of drug-likeness (QED) is 0.547. The summed E-state index contributed by atoms with van der Waals surface area (Å²) in [6, 6.07) is 18.6. The van der Waals surface area contributed by atoms with Crippen LogP contribution in [0.5, 0.6) is 5.75 Å². The molecule has 36 heavy (non-hydrogen) atoms. The lowest BCUT2D eigenvalue weighted by Gasteiger charge is -2.23. The lowest BCUT2D eigenvalue weighted by molar-refractivity contribution is -0.122. The van der Waals surface area contributed by atoms with Crippen LogP contribution in [0.1, 0.15) is 21.5 Å². The van der Waals surface area contributed by atoms with E-state index in [0.29, 0.717) is 49.2 Å². The van der Waals surface area contributed by atoms with Gasteiger partial charge in [-0.15, -0.1) is 0 Å². The van der Waals surface area contributed by atoms with Gasteiger partial charge in [0, 0.05) is 26.4 Å². The van der Waals surface area contributed by atoms with E-state index in [9.17, 15) is 9.59 Å². The number of pyridine rings is 1. The molecule has 1 aromatic heterocycles. The van der Waals surface area contributed by atoms with Crippen molar-refractivity contribution >= 4 is 23.3 Å². The molecule has 2 amide bonds. The third-order valence-corrected chi connectivity index (χ3v) is 5.68. The molecule has 0 atom stereocenters. The molecule has 0 aliphatic carbocycles. The predicted molar refractivity (Wildman–Crippen MR) is 135 cm³/mol. The number of nitrogens with one attached hydrogen (secondary N) is 2. The zero-order valence-electron chi connectivity index (χ0n) is 20.2. The number of nitrogens with zero attached hydrogens (tertiary/aromatic N) is 2. The van der Waals surface area contributed by atoms with Crippen LogP contribution in [-0.4, -0.2) is 61.7 Å². The molecular weight excluding hydrogens is 460 g/mol. The summed E-state index contributed by atoms with van der Waals surface area (Å²) >= 11 is 0. The van der Waals surface area contributed by atoms with Crippen molar-refractivity contribution in [3.8, 4) is 5.75 Å². The molecule has 0 spiro atoms. The molecule has 2 N–H and O–H groups in total. The predicted octanol–water partition coefficient (Wildman–Crippen LogP) is 3.14. The Hall–Kier alpha value is -3.95. The average Bonchev–Trinajstić information content (AvgIpc) is 2.91. The number of anilines is 2. The van der Waals surface area contributed by atoms with E-state index in [0.717, 1.165) is 11.1 Å². The molecule has 4 rings (SSSR count).